The summed E-state index contributed by atoms with van der Waals surface area (Å²) in [5.74, 6) is 0.897. The third-order valence-electron chi connectivity index (χ3n) is 4.55. The van der Waals surface area contributed by atoms with E-state index in [9.17, 15) is 0 Å². The van der Waals surface area contributed by atoms with Gasteiger partial charge in [0.25, 0.3) is 0 Å². The van der Waals surface area contributed by atoms with E-state index in [2.05, 4.69) is 37.9 Å². The van der Waals surface area contributed by atoms with E-state index < -0.39 is 0 Å². The van der Waals surface area contributed by atoms with Crippen molar-refractivity contribution in [1.82, 2.24) is 10.2 Å². The van der Waals surface area contributed by atoms with Crippen LogP contribution in [0.1, 0.15) is 53.4 Å². The highest BCUT2D eigenvalue weighted by Gasteiger charge is 2.29. The first-order chi connectivity index (χ1) is 8.15. The van der Waals surface area contributed by atoms with E-state index in [1.807, 2.05) is 0 Å². The summed E-state index contributed by atoms with van der Waals surface area (Å²) < 4.78 is 0. The fraction of sp³-hybridized carbons (Fsp3) is 1.00. The zero-order valence-corrected chi connectivity index (χ0v) is 12.4. The Hall–Kier alpha value is -0.0800. The second kappa shape index (κ2) is 7.38. The predicted molar refractivity (Wildman–Crippen MR) is 76.4 cm³/mol. The number of piperidine rings is 1. The van der Waals surface area contributed by atoms with Gasteiger partial charge in [-0.25, -0.2) is 0 Å². The highest BCUT2D eigenvalue weighted by atomic mass is 15.1. The zero-order chi connectivity index (χ0) is 12.7. The molecule has 1 N–H and O–H groups in total. The molecule has 0 spiro atoms. The quantitative estimate of drug-likeness (QED) is 0.735. The van der Waals surface area contributed by atoms with Crippen LogP contribution in [-0.2, 0) is 0 Å². The SMILES string of the molecule is CCNCC(CC)(CC)CN1CCCC(C)C1. The molecule has 1 saturated heterocycles. The van der Waals surface area contributed by atoms with Crippen LogP contribution in [-0.4, -0.2) is 37.6 Å². The van der Waals surface area contributed by atoms with Gasteiger partial charge >= 0.3 is 0 Å². The van der Waals surface area contributed by atoms with E-state index in [4.69, 9.17) is 0 Å². The van der Waals surface area contributed by atoms with Gasteiger partial charge < -0.3 is 10.2 Å². The van der Waals surface area contributed by atoms with Crippen molar-refractivity contribution in [2.45, 2.75) is 53.4 Å². The van der Waals surface area contributed by atoms with Crippen LogP contribution < -0.4 is 5.32 Å². The van der Waals surface area contributed by atoms with Gasteiger partial charge in [0.1, 0.15) is 0 Å². The molecule has 1 heterocycles. The van der Waals surface area contributed by atoms with Crippen molar-refractivity contribution in [3.8, 4) is 0 Å². The van der Waals surface area contributed by atoms with Crippen LogP contribution in [0.5, 0.6) is 0 Å². The molecule has 0 aromatic carbocycles. The van der Waals surface area contributed by atoms with Crippen molar-refractivity contribution in [3.63, 3.8) is 0 Å². The molecule has 0 saturated carbocycles. The molecule has 1 unspecified atom stereocenters. The first-order valence-corrected chi connectivity index (χ1v) is 7.59. The Labute approximate surface area is 108 Å². The highest BCUT2D eigenvalue weighted by molar-refractivity contribution is 4.84. The van der Waals surface area contributed by atoms with Gasteiger partial charge in [0.05, 0.1) is 0 Å². The van der Waals surface area contributed by atoms with Gasteiger partial charge in [-0.2, -0.15) is 0 Å². The molecular formula is C15H32N2. The second-order valence-electron chi connectivity index (χ2n) is 5.97. The molecular weight excluding hydrogens is 208 g/mol. The molecule has 0 aromatic rings. The average molecular weight is 240 g/mol. The number of nitrogens with zero attached hydrogens (tertiary/aromatic N) is 1. The maximum Gasteiger partial charge on any atom is 0.00500 e. The van der Waals surface area contributed by atoms with Crippen LogP contribution in [0.25, 0.3) is 0 Å². The number of nitrogens with one attached hydrogen (secondary N) is 1. The largest absolute Gasteiger partial charge is 0.316 e. The summed E-state index contributed by atoms with van der Waals surface area (Å²) >= 11 is 0. The van der Waals surface area contributed by atoms with Crippen molar-refractivity contribution in [1.29, 1.82) is 0 Å². The van der Waals surface area contributed by atoms with E-state index in [1.165, 1.54) is 51.9 Å². The molecule has 1 fully saturated rings. The zero-order valence-electron chi connectivity index (χ0n) is 12.4. The molecule has 2 nitrogen and oxygen atoms in total. The number of hydrogen-bond donors (Lipinski definition) is 1. The predicted octanol–water partition coefficient (Wildman–Crippen LogP) is 3.13. The molecule has 1 aliphatic heterocycles. The summed E-state index contributed by atoms with van der Waals surface area (Å²) in [6, 6.07) is 0. The number of rotatable bonds is 7. The minimum absolute atomic E-state index is 0.493. The summed E-state index contributed by atoms with van der Waals surface area (Å²) in [5, 5.41) is 3.57. The van der Waals surface area contributed by atoms with E-state index in [0.717, 1.165) is 12.5 Å². The van der Waals surface area contributed by atoms with E-state index in [0.29, 0.717) is 5.41 Å². The van der Waals surface area contributed by atoms with Gasteiger partial charge in [0.15, 0.2) is 0 Å². The molecule has 17 heavy (non-hydrogen) atoms. The Morgan fingerprint density at radius 1 is 1.24 bits per heavy atom. The van der Waals surface area contributed by atoms with Crippen molar-refractivity contribution in [2.75, 3.05) is 32.7 Å². The summed E-state index contributed by atoms with van der Waals surface area (Å²) in [6.07, 6.45) is 5.41. The van der Waals surface area contributed by atoms with Gasteiger partial charge in [-0.1, -0.05) is 27.7 Å². The van der Waals surface area contributed by atoms with Crippen molar-refractivity contribution in [3.05, 3.63) is 0 Å². The molecule has 0 aliphatic carbocycles. The van der Waals surface area contributed by atoms with Gasteiger partial charge in [-0.15, -0.1) is 0 Å². The van der Waals surface area contributed by atoms with Crippen molar-refractivity contribution < 1.29 is 0 Å². The van der Waals surface area contributed by atoms with E-state index in [-0.39, 0.29) is 0 Å². The summed E-state index contributed by atoms with van der Waals surface area (Å²) in [5.41, 5.74) is 0.493. The fourth-order valence-corrected chi connectivity index (χ4v) is 3.07. The molecule has 1 aliphatic rings. The first-order valence-electron chi connectivity index (χ1n) is 7.59. The summed E-state index contributed by atoms with van der Waals surface area (Å²) in [7, 11) is 0. The van der Waals surface area contributed by atoms with Gasteiger partial charge in [0.2, 0.25) is 0 Å². The van der Waals surface area contributed by atoms with Gasteiger partial charge in [-0.05, 0) is 50.1 Å². The summed E-state index contributed by atoms with van der Waals surface area (Å²) in [6.45, 7) is 15.5. The lowest BCUT2D eigenvalue weighted by Crippen LogP contribution is -2.46. The van der Waals surface area contributed by atoms with Crippen molar-refractivity contribution >= 4 is 0 Å². The number of likely N-dealkylation sites (tertiary alicyclic amines) is 1. The Morgan fingerprint density at radius 2 is 1.94 bits per heavy atom. The Balaban J connectivity index is 2.52. The summed E-state index contributed by atoms with van der Waals surface area (Å²) in [4.78, 5) is 2.71. The van der Waals surface area contributed by atoms with Crippen molar-refractivity contribution in [2.24, 2.45) is 11.3 Å². The fourth-order valence-electron chi connectivity index (χ4n) is 3.07. The Kier molecular flexibility index (Phi) is 6.50. The molecule has 2 heteroatoms. The molecule has 0 amide bonds. The Bertz CT molecular complexity index is 199. The minimum atomic E-state index is 0.493. The highest BCUT2D eigenvalue weighted by Crippen LogP contribution is 2.29. The second-order valence-corrected chi connectivity index (χ2v) is 5.97. The van der Waals surface area contributed by atoms with Crippen LogP contribution in [0.15, 0.2) is 0 Å². The third kappa shape index (κ3) is 4.59. The maximum absolute atomic E-state index is 3.57. The van der Waals surface area contributed by atoms with Crippen LogP contribution in [0.4, 0.5) is 0 Å². The standard InChI is InChI=1S/C15H32N2/c1-5-15(6-2,12-16-7-3)13-17-10-8-9-14(4)11-17/h14,16H,5-13H2,1-4H3. The first kappa shape index (κ1) is 15.0. The molecule has 1 atom stereocenters. The Morgan fingerprint density at radius 3 is 2.47 bits per heavy atom. The topological polar surface area (TPSA) is 15.3 Å². The molecule has 0 aromatic heterocycles. The van der Waals surface area contributed by atoms with E-state index >= 15 is 0 Å². The van der Waals surface area contributed by atoms with Gasteiger partial charge in [0, 0.05) is 19.6 Å². The molecule has 102 valence electrons. The van der Waals surface area contributed by atoms with Crippen LogP contribution in [0.3, 0.4) is 0 Å². The van der Waals surface area contributed by atoms with Crippen LogP contribution >= 0.6 is 0 Å². The number of hydrogen-bond acceptors (Lipinski definition) is 2. The minimum Gasteiger partial charge on any atom is -0.316 e. The molecule has 0 radical (unpaired) electrons. The molecule has 0 bridgehead atoms. The molecule has 1 rings (SSSR count). The van der Waals surface area contributed by atoms with E-state index in [1.54, 1.807) is 0 Å². The lowest BCUT2D eigenvalue weighted by atomic mass is 9.81. The third-order valence-corrected chi connectivity index (χ3v) is 4.55. The van der Waals surface area contributed by atoms with Crippen LogP contribution in [0, 0.1) is 11.3 Å². The average Bonchev–Trinajstić information content (AvgIpc) is 2.35. The lowest BCUT2D eigenvalue weighted by molar-refractivity contribution is 0.0984. The normalized spacial score (nSPS) is 22.9. The van der Waals surface area contributed by atoms with Gasteiger partial charge in [-0.3, -0.25) is 0 Å². The smallest absolute Gasteiger partial charge is 0.00500 e. The maximum atomic E-state index is 3.57. The lowest BCUT2D eigenvalue weighted by Gasteiger charge is -2.40. The monoisotopic (exact) mass is 240 g/mol. The van der Waals surface area contributed by atoms with Crippen LogP contribution in [0.2, 0.25) is 0 Å².